The van der Waals surface area contributed by atoms with Crippen molar-refractivity contribution in [1.82, 2.24) is 14.7 Å². The van der Waals surface area contributed by atoms with Crippen molar-refractivity contribution in [3.05, 3.63) is 35.8 Å². The van der Waals surface area contributed by atoms with Gasteiger partial charge in [0.15, 0.2) is 0 Å². The number of nitrogens with one attached hydrogen (secondary N) is 1. The van der Waals surface area contributed by atoms with Crippen LogP contribution in [0.3, 0.4) is 0 Å². The Kier molecular flexibility index (Phi) is 2.85. The van der Waals surface area contributed by atoms with Crippen LogP contribution < -0.4 is 5.32 Å². The molecule has 1 aliphatic heterocycles. The van der Waals surface area contributed by atoms with Crippen LogP contribution >= 0.6 is 0 Å². The first-order valence-corrected chi connectivity index (χ1v) is 6.48. The molecule has 0 bridgehead atoms. The fraction of sp³-hybridized carbons (Fsp3) is 0.500. The maximum absolute atomic E-state index is 4.75. The largest absolute Gasteiger partial charge is 0.317 e. The van der Waals surface area contributed by atoms with E-state index in [0.717, 1.165) is 31.1 Å². The molecule has 0 atom stereocenters. The van der Waals surface area contributed by atoms with Crippen LogP contribution in [0.25, 0.3) is 5.65 Å². The minimum absolute atomic E-state index is 0.805. The van der Waals surface area contributed by atoms with Gasteiger partial charge < -0.3 is 9.72 Å². The van der Waals surface area contributed by atoms with Crippen molar-refractivity contribution in [1.29, 1.82) is 0 Å². The summed E-state index contributed by atoms with van der Waals surface area (Å²) in [5.41, 5.74) is 3.66. The maximum atomic E-state index is 4.75. The van der Waals surface area contributed by atoms with Gasteiger partial charge in [-0.2, -0.15) is 0 Å². The summed E-state index contributed by atoms with van der Waals surface area (Å²) in [7, 11) is 0. The number of pyridine rings is 1. The van der Waals surface area contributed by atoms with E-state index in [1.165, 1.54) is 24.2 Å². The van der Waals surface area contributed by atoms with Crippen LogP contribution in [0, 0.1) is 12.8 Å². The first-order chi connectivity index (χ1) is 8.34. The zero-order valence-corrected chi connectivity index (χ0v) is 10.3. The molecule has 1 N–H and O–H groups in total. The molecular formula is C14H19N3. The second-order valence-electron chi connectivity index (χ2n) is 4.97. The number of imidazole rings is 1. The monoisotopic (exact) mass is 229 g/mol. The molecule has 0 amide bonds. The van der Waals surface area contributed by atoms with Gasteiger partial charge in [0.25, 0.3) is 0 Å². The summed E-state index contributed by atoms with van der Waals surface area (Å²) in [6, 6.07) is 6.20. The summed E-state index contributed by atoms with van der Waals surface area (Å²) in [5.74, 6) is 0.805. The van der Waals surface area contributed by atoms with Crippen molar-refractivity contribution in [2.24, 2.45) is 5.92 Å². The van der Waals surface area contributed by atoms with Gasteiger partial charge in [0.1, 0.15) is 5.65 Å². The molecule has 0 spiro atoms. The number of aryl methyl sites for hydroxylation is 1. The van der Waals surface area contributed by atoms with Crippen LogP contribution in [0.4, 0.5) is 0 Å². The van der Waals surface area contributed by atoms with Crippen LogP contribution in [0.1, 0.15) is 24.2 Å². The molecular weight excluding hydrogens is 210 g/mol. The minimum Gasteiger partial charge on any atom is -0.317 e. The van der Waals surface area contributed by atoms with E-state index in [0.29, 0.717) is 0 Å². The van der Waals surface area contributed by atoms with E-state index >= 15 is 0 Å². The highest BCUT2D eigenvalue weighted by atomic mass is 15.0. The Morgan fingerprint density at radius 3 is 2.94 bits per heavy atom. The molecule has 90 valence electrons. The second kappa shape index (κ2) is 4.49. The summed E-state index contributed by atoms with van der Waals surface area (Å²) >= 11 is 0. The van der Waals surface area contributed by atoms with E-state index in [9.17, 15) is 0 Å². The average molecular weight is 229 g/mol. The Morgan fingerprint density at radius 2 is 2.18 bits per heavy atom. The molecule has 0 radical (unpaired) electrons. The zero-order valence-electron chi connectivity index (χ0n) is 10.3. The minimum atomic E-state index is 0.805. The van der Waals surface area contributed by atoms with Crippen molar-refractivity contribution in [3.8, 4) is 0 Å². The summed E-state index contributed by atoms with van der Waals surface area (Å²) in [5, 5.41) is 3.42. The lowest BCUT2D eigenvalue weighted by molar-refractivity contribution is 0.370. The first kappa shape index (κ1) is 10.8. The van der Waals surface area contributed by atoms with Crippen LogP contribution in [0.15, 0.2) is 24.4 Å². The van der Waals surface area contributed by atoms with Crippen LogP contribution in [0.5, 0.6) is 0 Å². The molecule has 2 aromatic rings. The molecule has 0 aliphatic carbocycles. The van der Waals surface area contributed by atoms with Gasteiger partial charge in [-0.25, -0.2) is 4.98 Å². The molecule has 0 saturated carbocycles. The predicted molar refractivity (Wildman–Crippen MR) is 69.2 cm³/mol. The molecule has 3 rings (SSSR count). The number of piperidine rings is 1. The average Bonchev–Trinajstić information content (AvgIpc) is 2.68. The van der Waals surface area contributed by atoms with Gasteiger partial charge in [-0.3, -0.25) is 0 Å². The summed E-state index contributed by atoms with van der Waals surface area (Å²) in [4.78, 5) is 4.75. The molecule has 1 fully saturated rings. The van der Waals surface area contributed by atoms with Crippen molar-refractivity contribution < 1.29 is 0 Å². The number of hydrogen-bond acceptors (Lipinski definition) is 2. The Morgan fingerprint density at radius 1 is 1.35 bits per heavy atom. The number of nitrogens with zero attached hydrogens (tertiary/aromatic N) is 2. The van der Waals surface area contributed by atoms with Gasteiger partial charge in [-0.15, -0.1) is 0 Å². The third-order valence-electron chi connectivity index (χ3n) is 3.81. The van der Waals surface area contributed by atoms with Crippen molar-refractivity contribution >= 4 is 5.65 Å². The standard InChI is InChI=1S/C14H19N3/c1-11-13(10-12-5-7-15-8-6-12)16-14-4-2-3-9-17(11)14/h2-4,9,12,15H,5-8,10H2,1H3. The molecule has 3 heteroatoms. The lowest BCUT2D eigenvalue weighted by Gasteiger charge is -2.21. The lowest BCUT2D eigenvalue weighted by Crippen LogP contribution is -2.28. The Balaban J connectivity index is 1.87. The molecule has 1 aliphatic rings. The summed E-state index contributed by atoms with van der Waals surface area (Å²) in [6.07, 6.45) is 5.80. The Labute approximate surface area is 102 Å². The van der Waals surface area contributed by atoms with Gasteiger partial charge >= 0.3 is 0 Å². The van der Waals surface area contributed by atoms with Crippen LogP contribution in [0.2, 0.25) is 0 Å². The predicted octanol–water partition coefficient (Wildman–Crippen LogP) is 2.18. The van der Waals surface area contributed by atoms with E-state index < -0.39 is 0 Å². The fourth-order valence-electron chi connectivity index (χ4n) is 2.72. The van der Waals surface area contributed by atoms with Crippen molar-refractivity contribution in [2.45, 2.75) is 26.2 Å². The smallest absolute Gasteiger partial charge is 0.137 e. The molecule has 0 unspecified atom stereocenters. The molecule has 3 nitrogen and oxygen atoms in total. The number of rotatable bonds is 2. The quantitative estimate of drug-likeness (QED) is 0.855. The lowest BCUT2D eigenvalue weighted by atomic mass is 9.93. The molecule has 17 heavy (non-hydrogen) atoms. The first-order valence-electron chi connectivity index (χ1n) is 6.48. The van der Waals surface area contributed by atoms with E-state index in [1.807, 2.05) is 0 Å². The highest BCUT2D eigenvalue weighted by molar-refractivity contribution is 5.42. The summed E-state index contributed by atoms with van der Waals surface area (Å²) < 4.78 is 2.19. The van der Waals surface area contributed by atoms with E-state index in [4.69, 9.17) is 4.98 Å². The van der Waals surface area contributed by atoms with Crippen LogP contribution in [-0.2, 0) is 6.42 Å². The SMILES string of the molecule is Cc1c(CC2CCNCC2)nc2ccccn12. The fourth-order valence-corrected chi connectivity index (χ4v) is 2.72. The number of hydrogen-bond donors (Lipinski definition) is 1. The van der Waals surface area contributed by atoms with Crippen molar-refractivity contribution in [3.63, 3.8) is 0 Å². The third-order valence-corrected chi connectivity index (χ3v) is 3.81. The van der Waals surface area contributed by atoms with Gasteiger partial charge in [0.05, 0.1) is 5.69 Å². The normalized spacial score (nSPS) is 17.7. The van der Waals surface area contributed by atoms with Gasteiger partial charge in [0, 0.05) is 11.9 Å². The van der Waals surface area contributed by atoms with Gasteiger partial charge in [-0.1, -0.05) is 6.07 Å². The van der Waals surface area contributed by atoms with Crippen molar-refractivity contribution in [2.75, 3.05) is 13.1 Å². The maximum Gasteiger partial charge on any atom is 0.137 e. The second-order valence-corrected chi connectivity index (χ2v) is 4.97. The van der Waals surface area contributed by atoms with E-state index in [1.54, 1.807) is 0 Å². The summed E-state index contributed by atoms with van der Waals surface area (Å²) in [6.45, 7) is 4.50. The molecule has 0 aromatic carbocycles. The van der Waals surface area contributed by atoms with Crippen LogP contribution in [-0.4, -0.2) is 22.5 Å². The number of aromatic nitrogens is 2. The molecule has 1 saturated heterocycles. The van der Waals surface area contributed by atoms with Gasteiger partial charge in [-0.05, 0) is 57.3 Å². The molecule has 3 heterocycles. The number of fused-ring (bicyclic) bond motifs is 1. The van der Waals surface area contributed by atoms with E-state index in [2.05, 4.69) is 41.0 Å². The zero-order chi connectivity index (χ0) is 11.7. The molecule has 2 aromatic heterocycles. The van der Waals surface area contributed by atoms with E-state index in [-0.39, 0.29) is 0 Å². The topological polar surface area (TPSA) is 29.3 Å². The highest BCUT2D eigenvalue weighted by Gasteiger charge is 2.17. The van der Waals surface area contributed by atoms with Gasteiger partial charge in [0.2, 0.25) is 0 Å². The third kappa shape index (κ3) is 2.07. The Hall–Kier alpha value is -1.35. The highest BCUT2D eigenvalue weighted by Crippen LogP contribution is 2.20. The Bertz CT molecular complexity index is 509.